The monoisotopic (exact) mass is 241 g/mol. The van der Waals surface area contributed by atoms with Crippen molar-refractivity contribution in [2.75, 3.05) is 11.9 Å². The number of halogens is 1. The smallest absolute Gasteiger partial charge is 0.139 e. The van der Waals surface area contributed by atoms with E-state index in [0.717, 1.165) is 30.1 Å². The van der Waals surface area contributed by atoms with E-state index in [1.165, 1.54) is 0 Å². The second-order valence-corrected chi connectivity index (χ2v) is 3.92. The van der Waals surface area contributed by atoms with Crippen molar-refractivity contribution in [1.82, 2.24) is 0 Å². The standard InChI is InChI=1S/C11H16ClN3O/c12-9-4-6-10(7-5-9)14-8-2-1-3-11(13)15-16/h4-7,14,16H,1-3,8H2,(H2,13,15). The van der Waals surface area contributed by atoms with Gasteiger partial charge in [-0.15, -0.1) is 0 Å². The number of rotatable bonds is 6. The van der Waals surface area contributed by atoms with Crippen molar-refractivity contribution < 1.29 is 5.21 Å². The maximum atomic E-state index is 8.33. The molecule has 0 saturated carbocycles. The minimum absolute atomic E-state index is 0.284. The predicted molar refractivity (Wildman–Crippen MR) is 67.2 cm³/mol. The van der Waals surface area contributed by atoms with E-state index >= 15 is 0 Å². The van der Waals surface area contributed by atoms with Crippen LogP contribution in [0.3, 0.4) is 0 Å². The molecule has 1 rings (SSSR count). The van der Waals surface area contributed by atoms with Crippen LogP contribution in [0.15, 0.2) is 29.4 Å². The largest absolute Gasteiger partial charge is 0.409 e. The Morgan fingerprint density at radius 3 is 2.62 bits per heavy atom. The second-order valence-electron chi connectivity index (χ2n) is 3.48. The van der Waals surface area contributed by atoms with Gasteiger partial charge in [-0.2, -0.15) is 0 Å². The summed E-state index contributed by atoms with van der Waals surface area (Å²) in [6.07, 6.45) is 2.49. The van der Waals surface area contributed by atoms with Crippen molar-refractivity contribution in [3.63, 3.8) is 0 Å². The van der Waals surface area contributed by atoms with Gasteiger partial charge in [0.1, 0.15) is 5.84 Å². The van der Waals surface area contributed by atoms with Crippen LogP contribution in [0.5, 0.6) is 0 Å². The van der Waals surface area contributed by atoms with Gasteiger partial charge in [-0.25, -0.2) is 0 Å². The van der Waals surface area contributed by atoms with Crippen LogP contribution in [0, 0.1) is 0 Å². The van der Waals surface area contributed by atoms with Gasteiger partial charge >= 0.3 is 0 Å². The molecule has 0 spiro atoms. The Morgan fingerprint density at radius 1 is 1.31 bits per heavy atom. The lowest BCUT2D eigenvalue weighted by Gasteiger charge is -2.05. The quantitative estimate of drug-likeness (QED) is 0.236. The van der Waals surface area contributed by atoms with Crippen LogP contribution in [0.4, 0.5) is 5.69 Å². The van der Waals surface area contributed by atoms with Crippen LogP contribution in [0.2, 0.25) is 5.02 Å². The van der Waals surface area contributed by atoms with Crippen LogP contribution in [0.1, 0.15) is 19.3 Å². The Labute approximate surface area is 100 Å². The Kier molecular flexibility index (Phi) is 5.50. The molecule has 0 atom stereocenters. The first-order valence-electron chi connectivity index (χ1n) is 5.18. The molecule has 5 heteroatoms. The SMILES string of the molecule is NC(CCCCNc1ccc(Cl)cc1)=NO. The molecular formula is C11H16ClN3O. The molecule has 1 aromatic rings. The molecule has 88 valence electrons. The molecule has 0 bridgehead atoms. The van der Waals surface area contributed by atoms with Crippen LogP contribution in [-0.2, 0) is 0 Å². The summed E-state index contributed by atoms with van der Waals surface area (Å²) in [5, 5.41) is 15.2. The predicted octanol–water partition coefficient (Wildman–Crippen LogP) is 2.67. The fourth-order valence-electron chi connectivity index (χ4n) is 1.28. The lowest BCUT2D eigenvalue weighted by atomic mass is 10.2. The van der Waals surface area contributed by atoms with Crippen molar-refractivity contribution in [3.8, 4) is 0 Å². The van der Waals surface area contributed by atoms with Gasteiger partial charge < -0.3 is 16.3 Å². The van der Waals surface area contributed by atoms with Crippen LogP contribution in [-0.4, -0.2) is 17.6 Å². The summed E-state index contributed by atoms with van der Waals surface area (Å²) >= 11 is 5.77. The number of hydrogen-bond acceptors (Lipinski definition) is 3. The van der Waals surface area contributed by atoms with E-state index in [-0.39, 0.29) is 5.84 Å². The number of benzene rings is 1. The first-order chi connectivity index (χ1) is 7.72. The number of amidine groups is 1. The molecule has 0 aromatic heterocycles. The van der Waals surface area contributed by atoms with E-state index in [2.05, 4.69) is 10.5 Å². The molecule has 0 saturated heterocycles. The fourth-order valence-corrected chi connectivity index (χ4v) is 1.41. The first-order valence-corrected chi connectivity index (χ1v) is 5.56. The topological polar surface area (TPSA) is 70.6 Å². The molecule has 0 aliphatic heterocycles. The third kappa shape index (κ3) is 4.89. The van der Waals surface area contributed by atoms with Crippen LogP contribution in [0.25, 0.3) is 0 Å². The van der Waals surface area contributed by atoms with Crippen molar-refractivity contribution in [3.05, 3.63) is 29.3 Å². The van der Waals surface area contributed by atoms with Crippen molar-refractivity contribution in [1.29, 1.82) is 0 Å². The zero-order valence-electron chi connectivity index (χ0n) is 8.99. The molecule has 0 heterocycles. The molecule has 4 N–H and O–H groups in total. The number of nitrogens with one attached hydrogen (secondary N) is 1. The molecule has 1 aromatic carbocycles. The van der Waals surface area contributed by atoms with Gasteiger partial charge in [-0.05, 0) is 37.1 Å². The summed E-state index contributed by atoms with van der Waals surface area (Å²) in [4.78, 5) is 0. The molecule has 0 fully saturated rings. The number of hydrogen-bond donors (Lipinski definition) is 3. The van der Waals surface area contributed by atoms with Crippen molar-refractivity contribution in [2.45, 2.75) is 19.3 Å². The number of anilines is 1. The summed E-state index contributed by atoms with van der Waals surface area (Å²) in [6, 6.07) is 7.57. The molecule has 4 nitrogen and oxygen atoms in total. The molecule has 0 amide bonds. The Hall–Kier alpha value is -1.42. The zero-order valence-corrected chi connectivity index (χ0v) is 9.74. The average Bonchev–Trinajstić information content (AvgIpc) is 2.31. The minimum atomic E-state index is 0.284. The Bertz CT molecular complexity index is 338. The van der Waals surface area contributed by atoms with Gasteiger partial charge in [0, 0.05) is 23.7 Å². The summed E-state index contributed by atoms with van der Waals surface area (Å²) in [6.45, 7) is 0.861. The molecule has 0 aliphatic carbocycles. The highest BCUT2D eigenvalue weighted by molar-refractivity contribution is 6.30. The van der Waals surface area contributed by atoms with Gasteiger partial charge in [0.05, 0.1) is 0 Å². The minimum Gasteiger partial charge on any atom is -0.409 e. The maximum Gasteiger partial charge on any atom is 0.139 e. The van der Waals surface area contributed by atoms with Crippen molar-refractivity contribution in [2.24, 2.45) is 10.9 Å². The van der Waals surface area contributed by atoms with Gasteiger partial charge in [-0.1, -0.05) is 16.8 Å². The molecule has 0 aliphatic rings. The number of oxime groups is 1. The highest BCUT2D eigenvalue weighted by atomic mass is 35.5. The lowest BCUT2D eigenvalue weighted by molar-refractivity contribution is 0.316. The highest BCUT2D eigenvalue weighted by Gasteiger charge is 1.95. The molecular weight excluding hydrogens is 226 g/mol. The first kappa shape index (κ1) is 12.6. The second kappa shape index (κ2) is 6.95. The number of unbranched alkanes of at least 4 members (excludes halogenated alkanes) is 1. The normalized spacial score (nSPS) is 11.4. The highest BCUT2D eigenvalue weighted by Crippen LogP contribution is 2.13. The Morgan fingerprint density at radius 2 is 2.00 bits per heavy atom. The van der Waals surface area contributed by atoms with Gasteiger partial charge in [0.2, 0.25) is 0 Å². The summed E-state index contributed by atoms with van der Waals surface area (Å²) in [5.41, 5.74) is 6.40. The molecule has 0 unspecified atom stereocenters. The molecule has 16 heavy (non-hydrogen) atoms. The van der Waals surface area contributed by atoms with Crippen molar-refractivity contribution >= 4 is 23.1 Å². The van der Waals surface area contributed by atoms with Crippen LogP contribution >= 0.6 is 11.6 Å². The van der Waals surface area contributed by atoms with E-state index in [1.54, 1.807) is 0 Å². The van der Waals surface area contributed by atoms with Crippen LogP contribution < -0.4 is 11.1 Å². The lowest BCUT2D eigenvalue weighted by Crippen LogP contribution is -2.11. The Balaban J connectivity index is 2.14. The van der Waals surface area contributed by atoms with E-state index in [4.69, 9.17) is 22.5 Å². The molecule has 0 radical (unpaired) electrons. The third-order valence-electron chi connectivity index (χ3n) is 2.16. The van der Waals surface area contributed by atoms with Gasteiger partial charge in [-0.3, -0.25) is 0 Å². The van der Waals surface area contributed by atoms with E-state index in [0.29, 0.717) is 6.42 Å². The average molecular weight is 242 g/mol. The summed E-state index contributed by atoms with van der Waals surface area (Å²) < 4.78 is 0. The van der Waals surface area contributed by atoms with E-state index in [1.807, 2.05) is 24.3 Å². The third-order valence-corrected chi connectivity index (χ3v) is 2.41. The van der Waals surface area contributed by atoms with E-state index in [9.17, 15) is 0 Å². The maximum absolute atomic E-state index is 8.33. The number of nitrogens with two attached hydrogens (primary N) is 1. The summed E-state index contributed by atoms with van der Waals surface area (Å²) in [5.74, 6) is 0.284. The van der Waals surface area contributed by atoms with E-state index < -0.39 is 0 Å². The fraction of sp³-hybridized carbons (Fsp3) is 0.364. The van der Waals surface area contributed by atoms with Gasteiger partial charge in [0.15, 0.2) is 0 Å². The summed E-state index contributed by atoms with van der Waals surface area (Å²) in [7, 11) is 0. The zero-order chi connectivity index (χ0) is 11.8. The number of nitrogens with zero attached hydrogens (tertiary/aromatic N) is 1. The van der Waals surface area contributed by atoms with Gasteiger partial charge in [0.25, 0.3) is 0 Å².